The van der Waals surface area contributed by atoms with E-state index in [9.17, 15) is 0 Å². The highest BCUT2D eigenvalue weighted by molar-refractivity contribution is 4.92. The first-order valence-electron chi connectivity index (χ1n) is 5.16. The summed E-state index contributed by atoms with van der Waals surface area (Å²) in [4.78, 5) is 0. The second-order valence-electron chi connectivity index (χ2n) is 4.11. The Bertz CT molecular complexity index is 136. The van der Waals surface area contributed by atoms with E-state index >= 15 is 0 Å². The smallest absolute Gasteiger partial charge is 0.0479 e. The molecule has 0 amide bonds. The molecule has 1 aliphatic rings. The summed E-state index contributed by atoms with van der Waals surface area (Å²) >= 11 is 0. The highest BCUT2D eigenvalue weighted by atomic mass is 16.5. The molecule has 1 fully saturated rings. The molecule has 13 heavy (non-hydrogen) atoms. The van der Waals surface area contributed by atoms with Gasteiger partial charge in [0.1, 0.15) is 0 Å². The van der Waals surface area contributed by atoms with Gasteiger partial charge in [-0.25, -0.2) is 0 Å². The van der Waals surface area contributed by atoms with Crippen LogP contribution in [0.1, 0.15) is 32.1 Å². The highest BCUT2D eigenvalue weighted by Gasteiger charge is 2.32. The van der Waals surface area contributed by atoms with Gasteiger partial charge in [0, 0.05) is 25.3 Å². The van der Waals surface area contributed by atoms with Gasteiger partial charge in [0.25, 0.3) is 0 Å². The Hall–Kier alpha value is -0.120. The Morgan fingerprint density at radius 2 is 2.08 bits per heavy atom. The van der Waals surface area contributed by atoms with Crippen LogP contribution < -0.4 is 11.1 Å². The third kappa shape index (κ3) is 2.93. The van der Waals surface area contributed by atoms with Crippen LogP contribution in [-0.4, -0.2) is 32.3 Å². The summed E-state index contributed by atoms with van der Waals surface area (Å²) < 4.78 is 5.13. The van der Waals surface area contributed by atoms with Crippen molar-refractivity contribution in [2.75, 3.05) is 20.8 Å². The van der Waals surface area contributed by atoms with E-state index in [-0.39, 0.29) is 0 Å². The molecule has 3 N–H and O–H groups in total. The van der Waals surface area contributed by atoms with Crippen LogP contribution in [0.4, 0.5) is 0 Å². The average Bonchev–Trinajstić information content (AvgIpc) is 2.18. The summed E-state index contributed by atoms with van der Waals surface area (Å²) in [5, 5.41) is 3.44. The van der Waals surface area contributed by atoms with Crippen LogP contribution in [0.2, 0.25) is 0 Å². The van der Waals surface area contributed by atoms with Crippen LogP contribution in [0.25, 0.3) is 0 Å². The predicted octanol–water partition coefficient (Wildman–Crippen LogP) is 0.882. The Morgan fingerprint density at radius 1 is 1.46 bits per heavy atom. The molecule has 0 aromatic carbocycles. The summed E-state index contributed by atoms with van der Waals surface area (Å²) in [5.41, 5.74) is 6.18. The number of rotatable bonds is 4. The summed E-state index contributed by atoms with van der Waals surface area (Å²) in [7, 11) is 3.81. The summed E-state index contributed by atoms with van der Waals surface area (Å²) in [6.07, 6.45) is 5.77. The minimum atomic E-state index is 0.297. The average molecular weight is 186 g/mol. The molecular formula is C10H22N2O. The zero-order valence-corrected chi connectivity index (χ0v) is 8.81. The molecule has 1 saturated carbocycles. The van der Waals surface area contributed by atoms with E-state index in [2.05, 4.69) is 5.32 Å². The lowest BCUT2D eigenvalue weighted by atomic mass is 9.78. The molecular weight excluding hydrogens is 164 g/mol. The van der Waals surface area contributed by atoms with Gasteiger partial charge >= 0.3 is 0 Å². The van der Waals surface area contributed by atoms with Gasteiger partial charge in [0.15, 0.2) is 0 Å². The number of nitrogens with one attached hydrogen (secondary N) is 1. The highest BCUT2D eigenvalue weighted by Crippen LogP contribution is 2.30. The molecule has 0 unspecified atom stereocenters. The Labute approximate surface area is 81.0 Å². The number of nitrogens with two attached hydrogens (primary N) is 1. The topological polar surface area (TPSA) is 47.3 Å². The van der Waals surface area contributed by atoms with Crippen molar-refractivity contribution in [1.82, 2.24) is 5.32 Å². The van der Waals surface area contributed by atoms with E-state index in [1.54, 1.807) is 7.11 Å². The minimum Gasteiger partial charge on any atom is -0.385 e. The van der Waals surface area contributed by atoms with Crippen molar-refractivity contribution in [3.8, 4) is 0 Å². The molecule has 78 valence electrons. The van der Waals surface area contributed by atoms with Crippen molar-refractivity contribution in [1.29, 1.82) is 0 Å². The molecule has 3 heteroatoms. The zero-order valence-electron chi connectivity index (χ0n) is 8.81. The largest absolute Gasteiger partial charge is 0.385 e. The SMILES string of the molecule is CNC1(CCOC)CCC(N)CC1. The second-order valence-corrected chi connectivity index (χ2v) is 4.11. The Kier molecular flexibility index (Phi) is 4.16. The number of methoxy groups -OCH3 is 1. The van der Waals surface area contributed by atoms with Gasteiger partial charge in [-0.2, -0.15) is 0 Å². The standard InChI is InChI=1S/C10H22N2O/c1-12-10(7-8-13-2)5-3-9(11)4-6-10/h9,12H,3-8,11H2,1-2H3. The molecule has 0 radical (unpaired) electrons. The monoisotopic (exact) mass is 186 g/mol. The number of ether oxygens (including phenoxy) is 1. The van der Waals surface area contributed by atoms with Gasteiger partial charge in [-0.3, -0.25) is 0 Å². The fraction of sp³-hybridized carbons (Fsp3) is 1.00. The molecule has 3 nitrogen and oxygen atoms in total. The lowest BCUT2D eigenvalue weighted by molar-refractivity contribution is 0.131. The van der Waals surface area contributed by atoms with E-state index in [0.717, 1.165) is 25.9 Å². The molecule has 1 aliphatic carbocycles. The fourth-order valence-electron chi connectivity index (χ4n) is 2.12. The fourth-order valence-corrected chi connectivity index (χ4v) is 2.12. The van der Waals surface area contributed by atoms with Crippen LogP contribution in [-0.2, 0) is 4.74 Å². The Balaban J connectivity index is 2.40. The quantitative estimate of drug-likeness (QED) is 0.685. The Morgan fingerprint density at radius 3 is 2.54 bits per heavy atom. The predicted molar refractivity (Wildman–Crippen MR) is 54.7 cm³/mol. The number of hydrogen-bond acceptors (Lipinski definition) is 3. The number of hydrogen-bond donors (Lipinski definition) is 2. The van der Waals surface area contributed by atoms with E-state index in [4.69, 9.17) is 10.5 Å². The first kappa shape index (κ1) is 11.0. The van der Waals surface area contributed by atoms with Crippen LogP contribution in [0.15, 0.2) is 0 Å². The van der Waals surface area contributed by atoms with Crippen molar-refractivity contribution < 1.29 is 4.74 Å². The zero-order chi connectivity index (χ0) is 9.73. The van der Waals surface area contributed by atoms with Crippen molar-refractivity contribution in [3.63, 3.8) is 0 Å². The van der Waals surface area contributed by atoms with E-state index in [1.165, 1.54) is 12.8 Å². The van der Waals surface area contributed by atoms with Gasteiger partial charge in [-0.15, -0.1) is 0 Å². The molecule has 0 saturated heterocycles. The lowest BCUT2D eigenvalue weighted by Gasteiger charge is -2.39. The second kappa shape index (κ2) is 4.94. The molecule has 0 bridgehead atoms. The molecule has 1 rings (SSSR count). The lowest BCUT2D eigenvalue weighted by Crippen LogP contribution is -2.48. The normalized spacial score (nSPS) is 34.8. The molecule has 0 spiro atoms. The summed E-state index contributed by atoms with van der Waals surface area (Å²) in [6.45, 7) is 0.843. The van der Waals surface area contributed by atoms with E-state index in [0.29, 0.717) is 11.6 Å². The van der Waals surface area contributed by atoms with Crippen molar-refractivity contribution >= 4 is 0 Å². The minimum absolute atomic E-state index is 0.297. The summed E-state index contributed by atoms with van der Waals surface area (Å²) in [5.74, 6) is 0. The van der Waals surface area contributed by atoms with Gasteiger partial charge in [0.05, 0.1) is 0 Å². The summed E-state index contributed by atoms with van der Waals surface area (Å²) in [6, 6.07) is 0.420. The van der Waals surface area contributed by atoms with E-state index in [1.807, 2.05) is 7.05 Å². The molecule has 0 aromatic rings. The van der Waals surface area contributed by atoms with Gasteiger partial charge < -0.3 is 15.8 Å². The van der Waals surface area contributed by atoms with E-state index < -0.39 is 0 Å². The van der Waals surface area contributed by atoms with Gasteiger partial charge in [-0.1, -0.05) is 0 Å². The van der Waals surface area contributed by atoms with Crippen molar-refractivity contribution in [2.45, 2.75) is 43.7 Å². The van der Waals surface area contributed by atoms with Crippen molar-refractivity contribution in [2.24, 2.45) is 5.73 Å². The maximum absolute atomic E-state index is 5.88. The van der Waals surface area contributed by atoms with Gasteiger partial charge in [0.2, 0.25) is 0 Å². The molecule has 0 heterocycles. The maximum atomic E-state index is 5.88. The van der Waals surface area contributed by atoms with Crippen LogP contribution in [0.5, 0.6) is 0 Å². The van der Waals surface area contributed by atoms with Crippen LogP contribution in [0.3, 0.4) is 0 Å². The third-order valence-electron chi connectivity index (χ3n) is 3.30. The molecule has 0 atom stereocenters. The first-order chi connectivity index (χ1) is 6.22. The van der Waals surface area contributed by atoms with Crippen LogP contribution >= 0.6 is 0 Å². The molecule has 0 aliphatic heterocycles. The first-order valence-corrected chi connectivity index (χ1v) is 5.16. The third-order valence-corrected chi connectivity index (χ3v) is 3.30. The maximum Gasteiger partial charge on any atom is 0.0479 e. The van der Waals surface area contributed by atoms with Crippen LogP contribution in [0, 0.1) is 0 Å². The van der Waals surface area contributed by atoms with Gasteiger partial charge in [-0.05, 0) is 39.2 Å². The molecule has 0 aromatic heterocycles. The van der Waals surface area contributed by atoms with Crippen molar-refractivity contribution in [3.05, 3.63) is 0 Å².